The molecule has 172 valence electrons. The zero-order valence-electron chi connectivity index (χ0n) is 19.0. The fraction of sp³-hybridized carbons (Fsp3) is 0.480. The molecule has 4 rings (SSSR count). The van der Waals surface area contributed by atoms with Crippen LogP contribution >= 0.6 is 0 Å². The van der Waals surface area contributed by atoms with Gasteiger partial charge in [-0.3, -0.25) is 0 Å². The number of rotatable bonds is 5. The quantitative estimate of drug-likeness (QED) is 0.741. The molecule has 1 saturated heterocycles. The standard InChI is InChI=1S/C25H31F2N3O2/c1-25(2)14-19-12-17(4-7-23(19)32-25)15-30(16-18-5-6-20(26)13-22(18)27)24(31)28-21-8-10-29(3)11-9-21/h4-7,12-13,21H,8-11,14-16H2,1-3H3,(H,28,31). The minimum Gasteiger partial charge on any atom is -0.487 e. The van der Waals surface area contributed by atoms with Crippen LogP contribution in [-0.2, 0) is 19.5 Å². The minimum absolute atomic E-state index is 0.0592. The lowest BCUT2D eigenvalue weighted by molar-refractivity contribution is 0.138. The van der Waals surface area contributed by atoms with Crippen LogP contribution in [0.1, 0.15) is 43.4 Å². The second kappa shape index (κ2) is 9.06. The van der Waals surface area contributed by atoms with E-state index in [1.807, 2.05) is 26.0 Å². The lowest BCUT2D eigenvalue weighted by Gasteiger charge is -2.32. The van der Waals surface area contributed by atoms with Gasteiger partial charge in [0.1, 0.15) is 23.0 Å². The number of ether oxygens (including phenoxy) is 1. The van der Waals surface area contributed by atoms with Gasteiger partial charge in [-0.1, -0.05) is 18.2 Å². The lowest BCUT2D eigenvalue weighted by Crippen LogP contribution is -2.48. The van der Waals surface area contributed by atoms with Crippen molar-refractivity contribution in [1.29, 1.82) is 0 Å². The Morgan fingerprint density at radius 3 is 2.62 bits per heavy atom. The largest absolute Gasteiger partial charge is 0.487 e. The summed E-state index contributed by atoms with van der Waals surface area (Å²) in [7, 11) is 2.07. The van der Waals surface area contributed by atoms with Crippen LogP contribution in [0.15, 0.2) is 36.4 Å². The fourth-order valence-electron chi connectivity index (χ4n) is 4.46. The molecule has 2 aromatic carbocycles. The molecular weight excluding hydrogens is 412 g/mol. The Morgan fingerprint density at radius 2 is 1.91 bits per heavy atom. The van der Waals surface area contributed by atoms with E-state index in [4.69, 9.17) is 4.74 Å². The van der Waals surface area contributed by atoms with Crippen molar-refractivity contribution in [3.05, 3.63) is 64.7 Å². The number of carbonyl (C=O) groups excluding carboxylic acids is 1. The molecule has 0 bridgehead atoms. The topological polar surface area (TPSA) is 44.8 Å². The van der Waals surface area contributed by atoms with Gasteiger partial charge in [-0.25, -0.2) is 13.6 Å². The van der Waals surface area contributed by atoms with Gasteiger partial charge in [0.15, 0.2) is 0 Å². The lowest BCUT2D eigenvalue weighted by atomic mass is 10.00. The number of carbonyl (C=O) groups is 1. The summed E-state index contributed by atoms with van der Waals surface area (Å²) in [5, 5.41) is 3.12. The van der Waals surface area contributed by atoms with Gasteiger partial charge in [-0.15, -0.1) is 0 Å². The van der Waals surface area contributed by atoms with Gasteiger partial charge in [-0.2, -0.15) is 0 Å². The zero-order valence-corrected chi connectivity index (χ0v) is 19.0. The first-order chi connectivity index (χ1) is 15.2. The average molecular weight is 444 g/mol. The number of amides is 2. The summed E-state index contributed by atoms with van der Waals surface area (Å²) in [6.45, 7) is 6.33. The number of benzene rings is 2. The maximum absolute atomic E-state index is 14.4. The molecule has 2 aliphatic heterocycles. The van der Waals surface area contributed by atoms with E-state index in [1.54, 1.807) is 4.90 Å². The predicted octanol–water partition coefficient (Wildman–Crippen LogP) is 4.48. The molecule has 0 unspecified atom stereocenters. The SMILES string of the molecule is CN1CCC(NC(=O)N(Cc2ccc3c(c2)CC(C)(C)O3)Cc2ccc(F)cc2F)CC1. The molecule has 5 nitrogen and oxygen atoms in total. The van der Waals surface area contributed by atoms with Crippen molar-refractivity contribution >= 4 is 6.03 Å². The number of likely N-dealkylation sites (tertiary alicyclic amines) is 1. The van der Waals surface area contributed by atoms with Crippen molar-refractivity contribution in [2.75, 3.05) is 20.1 Å². The number of piperidine rings is 1. The van der Waals surface area contributed by atoms with Crippen LogP contribution in [-0.4, -0.2) is 47.6 Å². The first-order valence-electron chi connectivity index (χ1n) is 11.2. The third kappa shape index (κ3) is 5.38. The molecule has 1 N–H and O–H groups in total. The Balaban J connectivity index is 1.52. The van der Waals surface area contributed by atoms with E-state index in [-0.39, 0.29) is 29.8 Å². The molecule has 0 radical (unpaired) electrons. The smallest absolute Gasteiger partial charge is 0.318 e. The van der Waals surface area contributed by atoms with Crippen molar-refractivity contribution in [2.45, 2.75) is 57.8 Å². The Morgan fingerprint density at radius 1 is 1.16 bits per heavy atom. The highest BCUT2D eigenvalue weighted by Crippen LogP contribution is 2.35. The Kier molecular flexibility index (Phi) is 6.38. The number of hydrogen-bond acceptors (Lipinski definition) is 3. The monoisotopic (exact) mass is 443 g/mol. The normalized spacial score (nSPS) is 18.2. The third-order valence-electron chi connectivity index (χ3n) is 6.21. The first kappa shape index (κ1) is 22.5. The minimum atomic E-state index is -0.647. The molecule has 7 heteroatoms. The molecule has 1 fully saturated rings. The first-order valence-corrected chi connectivity index (χ1v) is 11.2. The van der Waals surface area contributed by atoms with Gasteiger partial charge in [-0.05, 0) is 70.1 Å². The van der Waals surface area contributed by atoms with Crippen LogP contribution in [0.2, 0.25) is 0 Å². The number of nitrogens with one attached hydrogen (secondary N) is 1. The van der Waals surface area contributed by atoms with E-state index in [0.29, 0.717) is 6.54 Å². The van der Waals surface area contributed by atoms with E-state index < -0.39 is 11.6 Å². The Labute approximate surface area is 188 Å². The number of hydrogen-bond donors (Lipinski definition) is 1. The van der Waals surface area contributed by atoms with Crippen LogP contribution in [0.25, 0.3) is 0 Å². The summed E-state index contributed by atoms with van der Waals surface area (Å²) in [6, 6.07) is 9.27. The number of halogens is 2. The van der Waals surface area contributed by atoms with Crippen molar-refractivity contribution < 1.29 is 18.3 Å². The molecule has 0 atom stereocenters. The summed E-state index contributed by atoms with van der Waals surface area (Å²) < 4.78 is 33.7. The van der Waals surface area contributed by atoms with Crippen LogP contribution in [0, 0.1) is 11.6 Å². The van der Waals surface area contributed by atoms with Crippen molar-refractivity contribution in [3.8, 4) is 5.75 Å². The maximum atomic E-state index is 14.4. The van der Waals surface area contributed by atoms with Gasteiger partial charge in [0, 0.05) is 30.6 Å². The van der Waals surface area contributed by atoms with Crippen LogP contribution < -0.4 is 10.1 Å². The second-order valence-corrected chi connectivity index (χ2v) is 9.60. The van der Waals surface area contributed by atoms with Crippen LogP contribution in [0.5, 0.6) is 5.75 Å². The molecule has 32 heavy (non-hydrogen) atoms. The highest BCUT2D eigenvalue weighted by molar-refractivity contribution is 5.74. The van der Waals surface area contributed by atoms with Crippen molar-refractivity contribution in [2.24, 2.45) is 0 Å². The molecule has 0 saturated carbocycles. The van der Waals surface area contributed by atoms with E-state index in [9.17, 15) is 13.6 Å². The number of fused-ring (bicyclic) bond motifs is 1. The molecule has 0 aromatic heterocycles. The molecule has 2 amide bonds. The summed E-state index contributed by atoms with van der Waals surface area (Å²) in [5.74, 6) is -0.410. The van der Waals surface area contributed by atoms with Crippen LogP contribution in [0.3, 0.4) is 0 Å². The zero-order chi connectivity index (χ0) is 22.9. The number of urea groups is 1. The summed E-state index contributed by atoms with van der Waals surface area (Å²) >= 11 is 0. The van der Waals surface area contributed by atoms with Crippen molar-refractivity contribution in [3.63, 3.8) is 0 Å². The van der Waals surface area contributed by atoms with Crippen LogP contribution in [0.4, 0.5) is 13.6 Å². The molecule has 2 aliphatic rings. The Hall–Kier alpha value is -2.67. The highest BCUT2D eigenvalue weighted by atomic mass is 19.1. The van der Waals surface area contributed by atoms with Gasteiger partial charge in [0.25, 0.3) is 0 Å². The van der Waals surface area contributed by atoms with Gasteiger partial charge < -0.3 is 19.9 Å². The second-order valence-electron chi connectivity index (χ2n) is 9.60. The molecule has 2 aromatic rings. The molecule has 0 spiro atoms. The van der Waals surface area contributed by atoms with E-state index in [0.717, 1.165) is 55.3 Å². The molecular formula is C25H31F2N3O2. The predicted molar refractivity (Wildman–Crippen MR) is 120 cm³/mol. The van der Waals surface area contributed by atoms with Gasteiger partial charge >= 0.3 is 6.03 Å². The average Bonchev–Trinajstić information content (AvgIpc) is 3.04. The highest BCUT2D eigenvalue weighted by Gasteiger charge is 2.30. The molecule has 2 heterocycles. The van der Waals surface area contributed by atoms with Gasteiger partial charge in [0.05, 0.1) is 6.54 Å². The van der Waals surface area contributed by atoms with E-state index in [1.165, 1.54) is 12.1 Å². The van der Waals surface area contributed by atoms with E-state index >= 15 is 0 Å². The summed E-state index contributed by atoms with van der Waals surface area (Å²) in [6.07, 6.45) is 2.56. The third-order valence-corrected chi connectivity index (χ3v) is 6.21. The molecule has 0 aliphatic carbocycles. The summed E-state index contributed by atoms with van der Waals surface area (Å²) in [4.78, 5) is 17.0. The maximum Gasteiger partial charge on any atom is 0.318 e. The summed E-state index contributed by atoms with van der Waals surface area (Å²) in [5.41, 5.74) is 2.10. The Bertz CT molecular complexity index is 987. The van der Waals surface area contributed by atoms with Gasteiger partial charge in [0.2, 0.25) is 0 Å². The number of nitrogens with zero attached hydrogens (tertiary/aromatic N) is 2. The van der Waals surface area contributed by atoms with E-state index in [2.05, 4.69) is 23.3 Å². The van der Waals surface area contributed by atoms with Crippen molar-refractivity contribution in [1.82, 2.24) is 15.1 Å². The fourth-order valence-corrected chi connectivity index (χ4v) is 4.46.